The van der Waals surface area contributed by atoms with Crippen molar-refractivity contribution in [2.24, 2.45) is 0 Å². The number of carbonyl (C=O) groups is 2. The molecule has 0 atom stereocenters. The van der Waals surface area contributed by atoms with Crippen LogP contribution in [0.15, 0.2) is 82.0 Å². The maximum atomic E-state index is 11.8. The monoisotopic (exact) mass is 318 g/mol. The van der Waals surface area contributed by atoms with Crippen molar-refractivity contribution in [3.05, 3.63) is 95.9 Å². The van der Waals surface area contributed by atoms with Gasteiger partial charge >= 0.3 is 0 Å². The standard InChI is InChI=1S/C20H14O4/c21-17(19-3-1-13-23-19)11-9-15-5-7-16(8-6-15)10-12-18(22)20-4-2-14-24-20/h1-14H. The molecular weight excluding hydrogens is 304 g/mol. The molecule has 0 N–H and O–H groups in total. The summed E-state index contributed by atoms with van der Waals surface area (Å²) in [7, 11) is 0. The Labute approximate surface area is 138 Å². The summed E-state index contributed by atoms with van der Waals surface area (Å²) in [5, 5.41) is 0. The highest BCUT2D eigenvalue weighted by Crippen LogP contribution is 2.11. The van der Waals surface area contributed by atoms with Crippen molar-refractivity contribution >= 4 is 23.7 Å². The quantitative estimate of drug-likeness (QED) is 0.489. The highest BCUT2D eigenvalue weighted by molar-refractivity contribution is 6.05. The van der Waals surface area contributed by atoms with Crippen molar-refractivity contribution in [1.82, 2.24) is 0 Å². The molecule has 2 heterocycles. The van der Waals surface area contributed by atoms with Crippen LogP contribution in [0.2, 0.25) is 0 Å². The molecule has 0 aliphatic rings. The average Bonchev–Trinajstić information content (AvgIpc) is 3.32. The number of rotatable bonds is 6. The van der Waals surface area contributed by atoms with Crippen LogP contribution in [-0.2, 0) is 0 Å². The molecule has 3 aromatic rings. The van der Waals surface area contributed by atoms with E-state index in [1.54, 1.807) is 36.4 Å². The molecule has 0 aliphatic carbocycles. The Bertz CT molecular complexity index is 789. The van der Waals surface area contributed by atoms with Crippen molar-refractivity contribution in [1.29, 1.82) is 0 Å². The van der Waals surface area contributed by atoms with Crippen molar-refractivity contribution < 1.29 is 18.4 Å². The Morgan fingerprint density at radius 2 is 1.08 bits per heavy atom. The first-order chi connectivity index (χ1) is 11.7. The third kappa shape index (κ3) is 3.87. The summed E-state index contributed by atoms with van der Waals surface area (Å²) in [5.41, 5.74) is 1.76. The van der Waals surface area contributed by atoms with Gasteiger partial charge in [-0.15, -0.1) is 0 Å². The highest BCUT2D eigenvalue weighted by atomic mass is 16.3. The summed E-state index contributed by atoms with van der Waals surface area (Å²) in [5.74, 6) is 0.241. The summed E-state index contributed by atoms with van der Waals surface area (Å²) in [6.07, 6.45) is 9.28. The third-order valence-corrected chi connectivity index (χ3v) is 3.32. The van der Waals surface area contributed by atoms with E-state index in [0.717, 1.165) is 11.1 Å². The zero-order valence-corrected chi connectivity index (χ0v) is 12.7. The van der Waals surface area contributed by atoms with E-state index >= 15 is 0 Å². The molecule has 1 aromatic carbocycles. The zero-order chi connectivity index (χ0) is 16.8. The van der Waals surface area contributed by atoms with Crippen LogP contribution >= 0.6 is 0 Å². The van der Waals surface area contributed by atoms with Crippen LogP contribution in [0.3, 0.4) is 0 Å². The predicted molar refractivity (Wildman–Crippen MR) is 90.6 cm³/mol. The van der Waals surface area contributed by atoms with Gasteiger partial charge in [-0.25, -0.2) is 0 Å². The molecule has 2 aromatic heterocycles. The van der Waals surface area contributed by atoms with Gasteiger partial charge in [0.15, 0.2) is 11.5 Å². The van der Waals surface area contributed by atoms with Crippen LogP contribution in [0.4, 0.5) is 0 Å². The maximum absolute atomic E-state index is 11.8. The van der Waals surface area contributed by atoms with E-state index in [1.165, 1.54) is 24.7 Å². The normalized spacial score (nSPS) is 11.3. The topological polar surface area (TPSA) is 60.4 Å². The fourth-order valence-corrected chi connectivity index (χ4v) is 2.06. The largest absolute Gasteiger partial charge is 0.461 e. The number of carbonyl (C=O) groups excluding carboxylic acids is 2. The molecule has 0 aliphatic heterocycles. The van der Waals surface area contributed by atoms with Gasteiger partial charge in [0.1, 0.15) is 0 Å². The van der Waals surface area contributed by atoms with Crippen LogP contribution in [0.1, 0.15) is 32.2 Å². The molecule has 0 saturated carbocycles. The molecule has 4 nitrogen and oxygen atoms in total. The van der Waals surface area contributed by atoms with E-state index in [4.69, 9.17) is 8.83 Å². The lowest BCUT2D eigenvalue weighted by Crippen LogP contribution is -1.90. The third-order valence-electron chi connectivity index (χ3n) is 3.32. The highest BCUT2D eigenvalue weighted by Gasteiger charge is 2.04. The smallest absolute Gasteiger partial charge is 0.221 e. The van der Waals surface area contributed by atoms with Gasteiger partial charge in [0.2, 0.25) is 11.6 Å². The van der Waals surface area contributed by atoms with E-state index in [9.17, 15) is 9.59 Å². The van der Waals surface area contributed by atoms with Gasteiger partial charge in [0.25, 0.3) is 0 Å². The second kappa shape index (κ2) is 7.24. The maximum Gasteiger partial charge on any atom is 0.221 e. The van der Waals surface area contributed by atoms with Gasteiger partial charge in [-0.3, -0.25) is 9.59 Å². The number of furan rings is 2. The molecule has 0 amide bonds. The summed E-state index contributed by atoms with van der Waals surface area (Å²) in [4.78, 5) is 23.6. The minimum Gasteiger partial charge on any atom is -0.461 e. The van der Waals surface area contributed by atoms with Crippen molar-refractivity contribution in [3.63, 3.8) is 0 Å². The average molecular weight is 318 g/mol. The number of hydrogen-bond acceptors (Lipinski definition) is 4. The SMILES string of the molecule is O=C(C=Cc1ccc(C=CC(=O)c2ccco2)cc1)c1ccco1. The second-order valence-corrected chi connectivity index (χ2v) is 5.02. The lowest BCUT2D eigenvalue weighted by Gasteiger charge is -1.96. The van der Waals surface area contributed by atoms with Gasteiger partial charge in [-0.1, -0.05) is 36.4 Å². The summed E-state index contributed by atoms with van der Waals surface area (Å²) in [6, 6.07) is 14.0. The number of benzene rings is 1. The van der Waals surface area contributed by atoms with E-state index < -0.39 is 0 Å². The minimum atomic E-state index is -0.187. The Balaban J connectivity index is 1.63. The summed E-state index contributed by atoms with van der Waals surface area (Å²) >= 11 is 0. The van der Waals surface area contributed by atoms with Gasteiger partial charge < -0.3 is 8.83 Å². The van der Waals surface area contributed by atoms with E-state index in [0.29, 0.717) is 11.5 Å². The molecule has 0 unspecified atom stereocenters. The molecule has 0 saturated heterocycles. The van der Waals surface area contributed by atoms with Crippen molar-refractivity contribution in [2.45, 2.75) is 0 Å². The second-order valence-electron chi connectivity index (χ2n) is 5.02. The number of allylic oxidation sites excluding steroid dienone is 2. The molecule has 0 radical (unpaired) electrons. The zero-order valence-electron chi connectivity index (χ0n) is 12.7. The molecular formula is C20H14O4. The van der Waals surface area contributed by atoms with Crippen LogP contribution < -0.4 is 0 Å². The molecule has 0 bridgehead atoms. The fraction of sp³-hybridized carbons (Fsp3) is 0. The van der Waals surface area contributed by atoms with Crippen LogP contribution in [0.25, 0.3) is 12.2 Å². The van der Waals surface area contributed by atoms with Gasteiger partial charge in [-0.05, 0) is 47.5 Å². The van der Waals surface area contributed by atoms with Crippen LogP contribution in [0, 0.1) is 0 Å². The molecule has 0 spiro atoms. The lowest BCUT2D eigenvalue weighted by molar-refractivity contribution is 0.101. The first-order valence-corrected chi connectivity index (χ1v) is 7.34. The van der Waals surface area contributed by atoms with E-state index in [1.807, 2.05) is 24.3 Å². The first kappa shape index (κ1) is 15.5. The number of ketones is 2. The Morgan fingerprint density at radius 3 is 1.42 bits per heavy atom. The van der Waals surface area contributed by atoms with Gasteiger partial charge in [0.05, 0.1) is 12.5 Å². The Kier molecular flexibility index (Phi) is 4.68. The Hall–Kier alpha value is -3.40. The minimum absolute atomic E-state index is 0.187. The molecule has 4 heteroatoms. The van der Waals surface area contributed by atoms with E-state index in [2.05, 4.69) is 0 Å². The molecule has 24 heavy (non-hydrogen) atoms. The first-order valence-electron chi connectivity index (χ1n) is 7.34. The fourth-order valence-electron chi connectivity index (χ4n) is 2.06. The Morgan fingerprint density at radius 1 is 0.667 bits per heavy atom. The van der Waals surface area contributed by atoms with Crippen LogP contribution in [0.5, 0.6) is 0 Å². The predicted octanol–water partition coefficient (Wildman–Crippen LogP) is 4.66. The summed E-state index contributed by atoms with van der Waals surface area (Å²) in [6.45, 7) is 0. The van der Waals surface area contributed by atoms with Gasteiger partial charge in [0, 0.05) is 0 Å². The van der Waals surface area contributed by atoms with Crippen molar-refractivity contribution in [2.75, 3.05) is 0 Å². The lowest BCUT2D eigenvalue weighted by atomic mass is 10.1. The molecule has 3 rings (SSSR count). The van der Waals surface area contributed by atoms with Crippen molar-refractivity contribution in [3.8, 4) is 0 Å². The number of hydrogen-bond donors (Lipinski definition) is 0. The summed E-state index contributed by atoms with van der Waals surface area (Å²) < 4.78 is 10.1. The molecule has 0 fully saturated rings. The molecule has 118 valence electrons. The van der Waals surface area contributed by atoms with Crippen LogP contribution in [-0.4, -0.2) is 11.6 Å². The van der Waals surface area contributed by atoms with E-state index in [-0.39, 0.29) is 11.6 Å². The van der Waals surface area contributed by atoms with Gasteiger partial charge in [-0.2, -0.15) is 0 Å².